The maximum absolute atomic E-state index is 13.2. The van der Waals surface area contributed by atoms with Gasteiger partial charge in [-0.15, -0.1) is 0 Å². The van der Waals surface area contributed by atoms with Crippen LogP contribution in [0.1, 0.15) is 11.1 Å². The van der Waals surface area contributed by atoms with Crippen molar-refractivity contribution in [3.63, 3.8) is 0 Å². The predicted octanol–water partition coefficient (Wildman–Crippen LogP) is 7.01. The van der Waals surface area contributed by atoms with Crippen molar-refractivity contribution in [3.8, 4) is 5.75 Å². The number of anilines is 1. The monoisotopic (exact) mass is 815 g/mol. The summed E-state index contributed by atoms with van der Waals surface area (Å²) >= 11 is 5.34. The van der Waals surface area contributed by atoms with Crippen LogP contribution in [0.25, 0.3) is 16.8 Å². The van der Waals surface area contributed by atoms with Gasteiger partial charge >= 0.3 is 0 Å². The number of piperazine rings is 1. The third-order valence-corrected chi connectivity index (χ3v) is 9.95. The minimum atomic E-state index is -0.437. The van der Waals surface area contributed by atoms with Gasteiger partial charge in [0.15, 0.2) is 0 Å². The Morgan fingerprint density at radius 2 is 1.51 bits per heavy atom. The molecule has 7 nitrogen and oxygen atoms in total. The number of halogens is 2. The Bertz CT molecular complexity index is 1720. The molecule has 2 aliphatic heterocycles. The molecule has 2 saturated heterocycles. The van der Waals surface area contributed by atoms with Gasteiger partial charge in [0.25, 0.3) is 11.1 Å². The summed E-state index contributed by atoms with van der Waals surface area (Å²) in [5.74, 6) is 0.124. The number of thioether (sulfide) groups is 1. The van der Waals surface area contributed by atoms with Gasteiger partial charge in [0.05, 0.1) is 12.0 Å². The van der Waals surface area contributed by atoms with Crippen LogP contribution in [0.4, 0.5) is 10.5 Å². The molecule has 0 unspecified atom stereocenters. The van der Waals surface area contributed by atoms with Crippen LogP contribution in [-0.2, 0) is 16.2 Å². The van der Waals surface area contributed by atoms with Crippen LogP contribution in [-0.4, -0.2) is 59.6 Å². The molecule has 43 heavy (non-hydrogen) atoms. The van der Waals surface area contributed by atoms with Gasteiger partial charge in [0, 0.05) is 31.9 Å². The molecule has 0 saturated carbocycles. The molecule has 3 amide bonds. The summed E-state index contributed by atoms with van der Waals surface area (Å²) < 4.78 is 8.01. The third-order valence-electron chi connectivity index (χ3n) is 7.44. The molecular formula is C33H27I2N3O4S. The second-order valence-electron chi connectivity index (χ2n) is 10.3. The lowest BCUT2D eigenvalue weighted by Gasteiger charge is -2.36. The molecule has 0 aromatic heterocycles. The first-order valence-electron chi connectivity index (χ1n) is 13.8. The van der Waals surface area contributed by atoms with Gasteiger partial charge in [-0.1, -0.05) is 54.6 Å². The second kappa shape index (κ2) is 13.3. The number of para-hydroxylation sites is 1. The summed E-state index contributed by atoms with van der Waals surface area (Å²) in [5.41, 5.74) is 3.00. The third kappa shape index (κ3) is 6.86. The van der Waals surface area contributed by atoms with E-state index in [1.165, 1.54) is 10.8 Å². The molecule has 10 heteroatoms. The van der Waals surface area contributed by atoms with E-state index in [0.717, 1.165) is 46.4 Å². The van der Waals surface area contributed by atoms with Gasteiger partial charge in [-0.2, -0.15) is 0 Å². The Morgan fingerprint density at radius 3 is 2.23 bits per heavy atom. The first-order valence-corrected chi connectivity index (χ1v) is 16.8. The van der Waals surface area contributed by atoms with Crippen LogP contribution in [0.15, 0.2) is 89.8 Å². The number of carbonyl (C=O) groups is 3. The molecule has 2 fully saturated rings. The molecule has 0 bridgehead atoms. The number of hydrogen-bond acceptors (Lipinski definition) is 6. The van der Waals surface area contributed by atoms with Crippen molar-refractivity contribution in [2.75, 3.05) is 37.6 Å². The lowest BCUT2D eigenvalue weighted by atomic mass is 10.1. The summed E-state index contributed by atoms with van der Waals surface area (Å²) in [6.07, 6.45) is 1.71. The SMILES string of the molecule is O=C(CN1C(=O)S/C(=C/c2cc(I)c(OCc3ccc4ccccc4c3)c(I)c2)C1=O)N1CCN(c2ccccc2)CC1. The van der Waals surface area contributed by atoms with Crippen LogP contribution < -0.4 is 9.64 Å². The number of carbonyl (C=O) groups excluding carboxylic acids is 3. The Hall–Kier alpha value is -3.10. The van der Waals surface area contributed by atoms with E-state index in [2.05, 4.69) is 92.5 Å². The van der Waals surface area contributed by atoms with Crippen LogP contribution in [0.3, 0.4) is 0 Å². The van der Waals surface area contributed by atoms with E-state index in [-0.39, 0.29) is 12.5 Å². The molecular weight excluding hydrogens is 788 g/mol. The fourth-order valence-electron chi connectivity index (χ4n) is 5.16. The van der Waals surface area contributed by atoms with Crippen LogP contribution >= 0.6 is 56.9 Å². The van der Waals surface area contributed by atoms with Gasteiger partial charge < -0.3 is 14.5 Å². The number of amides is 3. The Kier molecular flexibility index (Phi) is 9.24. The Balaban J connectivity index is 1.08. The summed E-state index contributed by atoms with van der Waals surface area (Å²) in [7, 11) is 0. The zero-order valence-corrected chi connectivity index (χ0v) is 28.2. The fourth-order valence-corrected chi connectivity index (χ4v) is 8.13. The van der Waals surface area contributed by atoms with Gasteiger partial charge in [-0.05, 0) is 115 Å². The molecule has 218 valence electrons. The molecule has 0 aliphatic carbocycles. The normalized spacial score (nSPS) is 16.4. The molecule has 2 heterocycles. The first kappa shape index (κ1) is 29.9. The fraction of sp³-hybridized carbons (Fsp3) is 0.182. The van der Waals surface area contributed by atoms with E-state index in [1.807, 2.05) is 42.5 Å². The molecule has 0 spiro atoms. The summed E-state index contributed by atoms with van der Waals surface area (Å²) in [5, 5.41) is 1.94. The summed E-state index contributed by atoms with van der Waals surface area (Å²) in [6.45, 7) is 2.69. The van der Waals surface area contributed by atoms with Crippen LogP contribution in [0.5, 0.6) is 5.75 Å². The highest BCUT2D eigenvalue weighted by Crippen LogP contribution is 2.35. The molecule has 0 N–H and O–H groups in total. The van der Waals surface area contributed by atoms with E-state index < -0.39 is 11.1 Å². The minimum Gasteiger partial charge on any atom is -0.487 e. The van der Waals surface area contributed by atoms with Crippen molar-refractivity contribution in [1.29, 1.82) is 0 Å². The topological polar surface area (TPSA) is 70.2 Å². The highest BCUT2D eigenvalue weighted by Gasteiger charge is 2.37. The molecule has 0 radical (unpaired) electrons. The number of fused-ring (bicyclic) bond motifs is 1. The maximum Gasteiger partial charge on any atom is 0.294 e. The van der Waals surface area contributed by atoms with Gasteiger partial charge in [-0.3, -0.25) is 19.3 Å². The van der Waals surface area contributed by atoms with Crippen LogP contribution in [0, 0.1) is 7.14 Å². The van der Waals surface area contributed by atoms with Crippen molar-refractivity contribution < 1.29 is 19.1 Å². The molecule has 6 rings (SSSR count). The minimum absolute atomic E-state index is 0.215. The van der Waals surface area contributed by atoms with Crippen molar-refractivity contribution in [2.45, 2.75) is 6.61 Å². The molecule has 2 aliphatic rings. The molecule has 4 aromatic rings. The zero-order chi connectivity index (χ0) is 29.9. The van der Waals surface area contributed by atoms with Gasteiger partial charge in [0.1, 0.15) is 18.9 Å². The average Bonchev–Trinajstić information content (AvgIpc) is 3.28. The van der Waals surface area contributed by atoms with Gasteiger partial charge in [0.2, 0.25) is 5.91 Å². The van der Waals surface area contributed by atoms with E-state index >= 15 is 0 Å². The largest absolute Gasteiger partial charge is 0.487 e. The number of ether oxygens (including phenoxy) is 1. The number of benzene rings is 4. The average molecular weight is 815 g/mol. The van der Waals surface area contributed by atoms with Crippen molar-refractivity contribution in [1.82, 2.24) is 9.80 Å². The van der Waals surface area contributed by atoms with E-state index in [1.54, 1.807) is 11.0 Å². The number of imide groups is 1. The van der Waals surface area contributed by atoms with Gasteiger partial charge in [-0.25, -0.2) is 0 Å². The predicted molar refractivity (Wildman–Crippen MR) is 188 cm³/mol. The van der Waals surface area contributed by atoms with E-state index in [0.29, 0.717) is 37.7 Å². The number of hydrogen-bond donors (Lipinski definition) is 0. The van der Waals surface area contributed by atoms with E-state index in [4.69, 9.17) is 4.74 Å². The zero-order valence-electron chi connectivity index (χ0n) is 23.0. The van der Waals surface area contributed by atoms with E-state index in [9.17, 15) is 14.4 Å². The molecule has 0 atom stereocenters. The highest BCUT2D eigenvalue weighted by atomic mass is 127. The standard InChI is InChI=1S/C33H27I2N3O4S/c34-27-17-23(18-28(35)31(27)42-21-22-10-11-24-6-4-5-7-25(24)16-22)19-29-32(40)38(33(41)43-29)20-30(39)37-14-12-36(13-15-37)26-8-2-1-3-9-26/h1-11,16-19H,12-15,20-21H2/b29-19+. The highest BCUT2D eigenvalue weighted by molar-refractivity contribution is 14.1. The number of nitrogens with zero attached hydrogens (tertiary/aromatic N) is 3. The lowest BCUT2D eigenvalue weighted by molar-refractivity contribution is -0.136. The number of rotatable bonds is 7. The molecule has 4 aromatic carbocycles. The van der Waals surface area contributed by atoms with Crippen molar-refractivity contribution in [2.24, 2.45) is 0 Å². The lowest BCUT2D eigenvalue weighted by Crippen LogP contribution is -2.51. The van der Waals surface area contributed by atoms with Crippen molar-refractivity contribution in [3.05, 3.63) is 108 Å². The summed E-state index contributed by atoms with van der Waals surface area (Å²) in [4.78, 5) is 44.3. The quantitative estimate of drug-likeness (QED) is 0.148. The second-order valence-corrected chi connectivity index (χ2v) is 13.6. The Morgan fingerprint density at radius 1 is 0.837 bits per heavy atom. The maximum atomic E-state index is 13.2. The van der Waals surface area contributed by atoms with Crippen LogP contribution in [0.2, 0.25) is 0 Å². The summed E-state index contributed by atoms with van der Waals surface area (Å²) in [6, 6.07) is 28.5. The Labute approximate surface area is 281 Å². The first-order chi connectivity index (χ1) is 20.9. The smallest absolute Gasteiger partial charge is 0.294 e. The van der Waals surface area contributed by atoms with Crippen molar-refractivity contribution >= 4 is 96.5 Å².